The Bertz CT molecular complexity index is 982. The van der Waals surface area contributed by atoms with Gasteiger partial charge >= 0.3 is 0 Å². The number of fused-ring (bicyclic) bond motifs is 1. The van der Waals surface area contributed by atoms with E-state index in [1.807, 2.05) is 60.8 Å². The molecule has 0 saturated carbocycles. The number of nitrogens with zero attached hydrogens (tertiary/aromatic N) is 2. The Kier molecular flexibility index (Phi) is 6.37. The lowest BCUT2D eigenvalue weighted by atomic mass is 9.90. The van der Waals surface area contributed by atoms with Crippen LogP contribution in [0.2, 0.25) is 0 Å². The van der Waals surface area contributed by atoms with Crippen molar-refractivity contribution in [3.63, 3.8) is 0 Å². The zero-order valence-electron chi connectivity index (χ0n) is 16.4. The molecule has 3 N–H and O–H groups in total. The van der Waals surface area contributed by atoms with Gasteiger partial charge in [-0.15, -0.1) is 0 Å². The third-order valence-electron chi connectivity index (χ3n) is 4.80. The normalized spacial score (nSPS) is 12.7. The number of carbonyl (C=O) groups is 1. The molecule has 1 aromatic heterocycles. The molecule has 3 aromatic rings. The van der Waals surface area contributed by atoms with Gasteiger partial charge in [-0.2, -0.15) is 0 Å². The van der Waals surface area contributed by atoms with Gasteiger partial charge in [-0.3, -0.25) is 15.1 Å². The summed E-state index contributed by atoms with van der Waals surface area (Å²) in [6.45, 7) is 4.30. The smallest absolute Gasteiger partial charge is 0.258 e. The highest BCUT2D eigenvalue weighted by atomic mass is 16.1. The number of hydrogen-bond acceptors (Lipinski definition) is 3. The fraction of sp³-hybridized carbons (Fsp3) is 0.261. The number of para-hydroxylation sites is 2. The first-order valence-corrected chi connectivity index (χ1v) is 9.68. The summed E-state index contributed by atoms with van der Waals surface area (Å²) in [5.41, 5.74) is 9.04. The van der Waals surface area contributed by atoms with Gasteiger partial charge in [0.05, 0.1) is 16.8 Å². The number of benzene rings is 2. The quantitative estimate of drug-likeness (QED) is 0.475. The number of aromatic nitrogens is 1. The summed E-state index contributed by atoms with van der Waals surface area (Å²) in [6.07, 6.45) is 5.04. The maximum atomic E-state index is 13.2. The van der Waals surface area contributed by atoms with Gasteiger partial charge in [0.2, 0.25) is 5.96 Å². The van der Waals surface area contributed by atoms with Crippen molar-refractivity contribution in [1.82, 2.24) is 10.3 Å². The van der Waals surface area contributed by atoms with Crippen LogP contribution in [0.5, 0.6) is 0 Å². The molecule has 1 amide bonds. The third-order valence-corrected chi connectivity index (χ3v) is 4.80. The minimum absolute atomic E-state index is 0.0734. The van der Waals surface area contributed by atoms with Crippen LogP contribution in [0.25, 0.3) is 10.9 Å². The Labute approximate surface area is 165 Å². The number of rotatable bonds is 6. The van der Waals surface area contributed by atoms with Gasteiger partial charge < -0.3 is 5.73 Å². The molecule has 144 valence electrons. The zero-order valence-corrected chi connectivity index (χ0v) is 16.4. The van der Waals surface area contributed by atoms with Gasteiger partial charge in [0.25, 0.3) is 5.91 Å². The van der Waals surface area contributed by atoms with Gasteiger partial charge in [-0.05, 0) is 36.1 Å². The number of amides is 1. The molecule has 2 aromatic carbocycles. The van der Waals surface area contributed by atoms with Crippen LogP contribution >= 0.6 is 0 Å². The molecule has 0 aliphatic heterocycles. The van der Waals surface area contributed by atoms with Crippen LogP contribution in [0, 0.1) is 0 Å². The van der Waals surface area contributed by atoms with Crippen molar-refractivity contribution in [2.75, 3.05) is 0 Å². The molecular weight excluding hydrogens is 348 g/mol. The van der Waals surface area contributed by atoms with E-state index < -0.39 is 0 Å². The molecule has 0 spiro atoms. The first kappa shape index (κ1) is 19.5. The molecule has 0 aliphatic carbocycles. The van der Waals surface area contributed by atoms with Crippen molar-refractivity contribution in [2.45, 2.75) is 39.0 Å². The first-order chi connectivity index (χ1) is 13.6. The molecule has 0 aliphatic rings. The molecule has 1 heterocycles. The van der Waals surface area contributed by atoms with Gasteiger partial charge in [0.1, 0.15) is 0 Å². The number of nitrogens with one attached hydrogen (secondary N) is 1. The van der Waals surface area contributed by atoms with E-state index in [0.717, 1.165) is 35.7 Å². The predicted molar refractivity (Wildman–Crippen MR) is 115 cm³/mol. The van der Waals surface area contributed by atoms with E-state index in [1.54, 1.807) is 0 Å². The third kappa shape index (κ3) is 4.55. The molecule has 28 heavy (non-hydrogen) atoms. The van der Waals surface area contributed by atoms with Crippen molar-refractivity contribution in [1.29, 1.82) is 0 Å². The molecule has 1 unspecified atom stereocenters. The number of guanidine groups is 1. The highest BCUT2D eigenvalue weighted by molar-refractivity contribution is 6.13. The number of aliphatic imine (C=N–C) groups is 1. The molecule has 5 nitrogen and oxygen atoms in total. The Morgan fingerprint density at radius 1 is 1.14 bits per heavy atom. The number of carbonyl (C=O) groups excluding carboxylic acids is 1. The van der Waals surface area contributed by atoms with E-state index in [9.17, 15) is 4.79 Å². The standard InChI is InChI=1S/C23H26N4O/c1-3-4-10-16(2)19-15-25-20-14-9-8-13-18(20)21(19)22(28)27-23(24)26-17-11-6-5-7-12-17/h5-9,11-16H,3-4,10H2,1-2H3,(H3,24,26,27,28). The van der Waals surface area contributed by atoms with Gasteiger partial charge in [-0.25, -0.2) is 4.99 Å². The largest absolute Gasteiger partial charge is 0.369 e. The summed E-state index contributed by atoms with van der Waals surface area (Å²) in [5.74, 6) is 0.0449. The summed E-state index contributed by atoms with van der Waals surface area (Å²) in [5, 5.41) is 3.58. The second-order valence-corrected chi connectivity index (χ2v) is 6.94. The maximum Gasteiger partial charge on any atom is 0.258 e. The summed E-state index contributed by atoms with van der Waals surface area (Å²) in [7, 11) is 0. The first-order valence-electron chi connectivity index (χ1n) is 9.68. The number of nitrogens with two attached hydrogens (primary N) is 1. The van der Waals surface area contributed by atoms with E-state index in [1.165, 1.54) is 0 Å². The van der Waals surface area contributed by atoms with Gasteiger partial charge in [0, 0.05) is 11.6 Å². The fourth-order valence-electron chi connectivity index (χ4n) is 3.30. The van der Waals surface area contributed by atoms with E-state index in [4.69, 9.17) is 5.73 Å². The molecule has 0 saturated heterocycles. The molecular formula is C23H26N4O. The molecule has 5 heteroatoms. The van der Waals surface area contributed by atoms with Crippen molar-refractivity contribution >= 4 is 28.5 Å². The Morgan fingerprint density at radius 2 is 1.86 bits per heavy atom. The van der Waals surface area contributed by atoms with Crippen LogP contribution in [0.3, 0.4) is 0 Å². The van der Waals surface area contributed by atoms with Gasteiger partial charge in [0.15, 0.2) is 0 Å². The van der Waals surface area contributed by atoms with Crippen LogP contribution < -0.4 is 11.1 Å². The lowest BCUT2D eigenvalue weighted by Crippen LogP contribution is -2.37. The maximum absolute atomic E-state index is 13.2. The summed E-state index contributed by atoms with van der Waals surface area (Å²) in [4.78, 5) is 22.0. The van der Waals surface area contributed by atoms with Crippen molar-refractivity contribution in [2.24, 2.45) is 10.7 Å². The SMILES string of the molecule is CCCCC(C)c1cnc2ccccc2c1C(=O)NC(N)=Nc1ccccc1. The second kappa shape index (κ2) is 9.13. The highest BCUT2D eigenvalue weighted by Gasteiger charge is 2.20. The molecule has 3 rings (SSSR count). The molecule has 0 bridgehead atoms. The monoisotopic (exact) mass is 374 g/mol. The average molecular weight is 374 g/mol. The molecule has 1 atom stereocenters. The van der Waals surface area contributed by atoms with E-state index in [2.05, 4.69) is 29.1 Å². The highest BCUT2D eigenvalue weighted by Crippen LogP contribution is 2.29. The molecule has 0 fully saturated rings. The van der Waals surface area contributed by atoms with Crippen molar-refractivity contribution < 1.29 is 4.79 Å². The second-order valence-electron chi connectivity index (χ2n) is 6.94. The number of pyridine rings is 1. The minimum atomic E-state index is -0.255. The number of hydrogen-bond donors (Lipinski definition) is 2. The average Bonchev–Trinajstić information content (AvgIpc) is 2.71. The lowest BCUT2D eigenvalue weighted by Gasteiger charge is -2.17. The number of unbranched alkanes of at least 4 members (excludes halogenated alkanes) is 1. The molecule has 0 radical (unpaired) electrons. The minimum Gasteiger partial charge on any atom is -0.369 e. The van der Waals surface area contributed by atoms with Crippen LogP contribution in [-0.4, -0.2) is 16.9 Å². The van der Waals surface area contributed by atoms with Crippen LogP contribution in [0.4, 0.5) is 5.69 Å². The van der Waals surface area contributed by atoms with Crippen LogP contribution in [0.1, 0.15) is 54.9 Å². The summed E-state index contributed by atoms with van der Waals surface area (Å²) >= 11 is 0. The Morgan fingerprint density at radius 3 is 2.61 bits per heavy atom. The fourth-order valence-corrected chi connectivity index (χ4v) is 3.30. The zero-order chi connectivity index (χ0) is 19.9. The van der Waals surface area contributed by atoms with Gasteiger partial charge in [-0.1, -0.05) is 63.1 Å². The van der Waals surface area contributed by atoms with Crippen LogP contribution in [-0.2, 0) is 0 Å². The summed E-state index contributed by atoms with van der Waals surface area (Å²) < 4.78 is 0. The van der Waals surface area contributed by atoms with Crippen LogP contribution in [0.15, 0.2) is 65.8 Å². The van der Waals surface area contributed by atoms with E-state index >= 15 is 0 Å². The summed E-state index contributed by atoms with van der Waals surface area (Å²) in [6, 6.07) is 17.0. The topological polar surface area (TPSA) is 80.4 Å². The Balaban J connectivity index is 1.97. The van der Waals surface area contributed by atoms with Crippen molar-refractivity contribution in [3.05, 3.63) is 71.9 Å². The van der Waals surface area contributed by atoms with Crippen molar-refractivity contribution in [3.8, 4) is 0 Å². The lowest BCUT2D eigenvalue weighted by molar-refractivity contribution is 0.0977. The Hall–Kier alpha value is -3.21. The van der Waals surface area contributed by atoms with E-state index in [-0.39, 0.29) is 17.8 Å². The predicted octanol–water partition coefficient (Wildman–Crippen LogP) is 4.90. The van der Waals surface area contributed by atoms with E-state index in [0.29, 0.717) is 11.3 Å².